The topological polar surface area (TPSA) is 40.5 Å². The first-order valence-electron chi connectivity index (χ1n) is 4.82. The fraction of sp³-hybridized carbons (Fsp3) is 0.500. The molecule has 0 spiro atoms. The number of carbonyl (C=O) groups is 1. The number of rotatable bonds is 3. The molecule has 1 unspecified atom stereocenters. The Hall–Kier alpha value is -0.390. The number of thiophene rings is 1. The van der Waals surface area contributed by atoms with Crippen molar-refractivity contribution in [2.75, 3.05) is 13.2 Å². The van der Waals surface area contributed by atoms with Crippen LogP contribution in [-0.4, -0.2) is 29.1 Å². The Morgan fingerprint density at radius 3 is 2.93 bits per heavy atom. The largest absolute Gasteiger partial charge is 0.396 e. The Morgan fingerprint density at radius 2 is 2.40 bits per heavy atom. The van der Waals surface area contributed by atoms with Crippen molar-refractivity contribution in [3.63, 3.8) is 0 Å². The Labute approximate surface area is 101 Å². The molecule has 3 nitrogen and oxygen atoms in total. The van der Waals surface area contributed by atoms with Gasteiger partial charge in [0.2, 0.25) is 5.91 Å². The van der Waals surface area contributed by atoms with Crippen LogP contribution in [0.1, 0.15) is 11.3 Å². The number of hydrogen-bond acceptors (Lipinski definition) is 3. The molecule has 5 heteroatoms. The predicted octanol–water partition coefficient (Wildman–Crippen LogP) is 1.85. The fourth-order valence-electron chi connectivity index (χ4n) is 1.75. The Morgan fingerprint density at radius 1 is 1.60 bits per heavy atom. The Kier molecular flexibility index (Phi) is 3.43. The summed E-state index contributed by atoms with van der Waals surface area (Å²) in [5.41, 5.74) is 0. The normalized spacial score (nSPS) is 21.3. The van der Waals surface area contributed by atoms with Gasteiger partial charge in [-0.3, -0.25) is 4.79 Å². The molecule has 2 heterocycles. The van der Waals surface area contributed by atoms with Gasteiger partial charge < -0.3 is 10.0 Å². The van der Waals surface area contributed by atoms with Crippen LogP contribution in [-0.2, 0) is 11.3 Å². The first-order valence-corrected chi connectivity index (χ1v) is 6.43. The number of halogens is 1. The van der Waals surface area contributed by atoms with Crippen LogP contribution < -0.4 is 0 Å². The highest BCUT2D eigenvalue weighted by atomic mass is 79.9. The molecule has 1 N–H and O–H groups in total. The standard InChI is InChI=1S/C10H12BrNO2S/c11-9-2-1-8(15-9)5-12-4-7(6-13)3-10(12)14/h1-2,7,13H,3-6H2. The minimum atomic E-state index is 0.108. The number of hydrogen-bond donors (Lipinski definition) is 1. The van der Waals surface area contributed by atoms with E-state index >= 15 is 0 Å². The second kappa shape index (κ2) is 4.63. The maximum absolute atomic E-state index is 11.6. The third-order valence-electron chi connectivity index (χ3n) is 2.53. The smallest absolute Gasteiger partial charge is 0.223 e. The average Bonchev–Trinajstić information content (AvgIpc) is 2.75. The summed E-state index contributed by atoms with van der Waals surface area (Å²) >= 11 is 5.04. The van der Waals surface area contributed by atoms with Crippen LogP contribution in [0.3, 0.4) is 0 Å². The minimum absolute atomic E-state index is 0.108. The third-order valence-corrected chi connectivity index (χ3v) is 4.14. The van der Waals surface area contributed by atoms with Gasteiger partial charge in [-0.05, 0) is 28.1 Å². The lowest BCUT2D eigenvalue weighted by atomic mass is 10.1. The Balaban J connectivity index is 1.98. The SMILES string of the molecule is O=C1CC(CO)CN1Cc1ccc(Br)s1. The van der Waals surface area contributed by atoms with Crippen molar-refractivity contribution in [1.29, 1.82) is 0 Å². The molecule has 1 amide bonds. The van der Waals surface area contributed by atoms with Crippen molar-refractivity contribution < 1.29 is 9.90 Å². The maximum atomic E-state index is 11.6. The van der Waals surface area contributed by atoms with E-state index in [0.29, 0.717) is 19.5 Å². The Bertz CT molecular complexity index is 366. The molecule has 1 aliphatic rings. The highest BCUT2D eigenvalue weighted by Crippen LogP contribution is 2.26. The monoisotopic (exact) mass is 289 g/mol. The lowest BCUT2D eigenvalue weighted by Gasteiger charge is -2.14. The van der Waals surface area contributed by atoms with Crippen LogP contribution in [0.25, 0.3) is 0 Å². The minimum Gasteiger partial charge on any atom is -0.396 e. The summed E-state index contributed by atoms with van der Waals surface area (Å²) in [6.45, 7) is 1.47. The van der Waals surface area contributed by atoms with E-state index in [1.165, 1.54) is 4.88 Å². The van der Waals surface area contributed by atoms with Crippen LogP contribution in [0.15, 0.2) is 15.9 Å². The molecule has 1 saturated heterocycles. The molecule has 1 fully saturated rings. The van der Waals surface area contributed by atoms with E-state index in [2.05, 4.69) is 15.9 Å². The van der Waals surface area contributed by atoms with E-state index in [1.807, 2.05) is 17.0 Å². The first kappa shape index (κ1) is 11.1. The third kappa shape index (κ3) is 2.59. The van der Waals surface area contributed by atoms with E-state index in [1.54, 1.807) is 11.3 Å². The average molecular weight is 290 g/mol. The summed E-state index contributed by atoms with van der Waals surface area (Å²) in [6.07, 6.45) is 0.489. The first-order chi connectivity index (χ1) is 7.19. The molecule has 0 radical (unpaired) electrons. The van der Waals surface area contributed by atoms with Crippen LogP contribution in [0.5, 0.6) is 0 Å². The van der Waals surface area contributed by atoms with E-state index in [4.69, 9.17) is 5.11 Å². The summed E-state index contributed by atoms with van der Waals surface area (Å²) in [6, 6.07) is 4.01. The van der Waals surface area contributed by atoms with Crippen molar-refractivity contribution in [2.24, 2.45) is 5.92 Å². The molecule has 0 aromatic carbocycles. The highest BCUT2D eigenvalue weighted by Gasteiger charge is 2.28. The maximum Gasteiger partial charge on any atom is 0.223 e. The molecule has 2 rings (SSSR count). The molecule has 15 heavy (non-hydrogen) atoms. The summed E-state index contributed by atoms with van der Waals surface area (Å²) < 4.78 is 1.09. The van der Waals surface area contributed by atoms with Gasteiger partial charge in [-0.25, -0.2) is 0 Å². The molecule has 1 atom stereocenters. The number of carbonyl (C=O) groups excluding carboxylic acids is 1. The highest BCUT2D eigenvalue weighted by molar-refractivity contribution is 9.11. The summed E-state index contributed by atoms with van der Waals surface area (Å²) in [4.78, 5) is 14.6. The van der Waals surface area contributed by atoms with Crippen molar-refractivity contribution in [3.8, 4) is 0 Å². The van der Waals surface area contributed by atoms with Crippen LogP contribution in [0.2, 0.25) is 0 Å². The van der Waals surface area contributed by atoms with Gasteiger partial charge in [-0.1, -0.05) is 0 Å². The van der Waals surface area contributed by atoms with Gasteiger partial charge in [-0.15, -0.1) is 11.3 Å². The molecular weight excluding hydrogens is 278 g/mol. The van der Waals surface area contributed by atoms with Gasteiger partial charge in [0.25, 0.3) is 0 Å². The van der Waals surface area contributed by atoms with Gasteiger partial charge in [0, 0.05) is 30.4 Å². The molecule has 1 aromatic rings. The second-order valence-electron chi connectivity index (χ2n) is 3.73. The van der Waals surface area contributed by atoms with E-state index in [9.17, 15) is 4.79 Å². The van der Waals surface area contributed by atoms with Gasteiger partial charge in [-0.2, -0.15) is 0 Å². The molecule has 0 bridgehead atoms. The zero-order valence-corrected chi connectivity index (χ0v) is 10.6. The number of aliphatic hydroxyl groups is 1. The summed E-state index contributed by atoms with van der Waals surface area (Å²) in [5, 5.41) is 8.99. The van der Waals surface area contributed by atoms with Crippen molar-refractivity contribution >= 4 is 33.2 Å². The molecule has 82 valence electrons. The molecule has 0 saturated carbocycles. The van der Waals surface area contributed by atoms with Crippen molar-refractivity contribution in [1.82, 2.24) is 4.90 Å². The molecular formula is C10H12BrNO2S. The van der Waals surface area contributed by atoms with Crippen LogP contribution in [0.4, 0.5) is 0 Å². The van der Waals surface area contributed by atoms with Gasteiger partial charge in [0.05, 0.1) is 10.3 Å². The molecule has 1 aromatic heterocycles. The zero-order chi connectivity index (χ0) is 10.8. The van der Waals surface area contributed by atoms with Crippen molar-refractivity contribution in [3.05, 3.63) is 20.8 Å². The lowest BCUT2D eigenvalue weighted by molar-refractivity contribution is -0.128. The van der Waals surface area contributed by atoms with E-state index in [0.717, 1.165) is 3.79 Å². The number of amides is 1. The molecule has 0 aliphatic carbocycles. The number of likely N-dealkylation sites (tertiary alicyclic amines) is 1. The second-order valence-corrected chi connectivity index (χ2v) is 6.28. The van der Waals surface area contributed by atoms with E-state index in [-0.39, 0.29) is 18.4 Å². The van der Waals surface area contributed by atoms with Crippen molar-refractivity contribution in [2.45, 2.75) is 13.0 Å². The predicted molar refractivity (Wildman–Crippen MR) is 62.6 cm³/mol. The van der Waals surface area contributed by atoms with Crippen LogP contribution >= 0.6 is 27.3 Å². The van der Waals surface area contributed by atoms with Gasteiger partial charge in [0.1, 0.15) is 0 Å². The van der Waals surface area contributed by atoms with Gasteiger partial charge >= 0.3 is 0 Å². The lowest BCUT2D eigenvalue weighted by Crippen LogP contribution is -2.24. The number of aliphatic hydroxyl groups excluding tert-OH is 1. The summed E-state index contributed by atoms with van der Waals surface area (Å²) in [7, 11) is 0. The summed E-state index contributed by atoms with van der Waals surface area (Å²) in [5.74, 6) is 0.277. The van der Waals surface area contributed by atoms with E-state index < -0.39 is 0 Å². The van der Waals surface area contributed by atoms with Crippen LogP contribution in [0, 0.1) is 5.92 Å². The van der Waals surface area contributed by atoms with Gasteiger partial charge in [0.15, 0.2) is 0 Å². The molecule has 1 aliphatic heterocycles. The quantitative estimate of drug-likeness (QED) is 0.923. The fourth-order valence-corrected chi connectivity index (χ4v) is 3.25. The zero-order valence-electron chi connectivity index (χ0n) is 8.15. The number of nitrogens with zero attached hydrogens (tertiary/aromatic N) is 1.